The lowest BCUT2D eigenvalue weighted by molar-refractivity contribution is -0.121. The Morgan fingerprint density at radius 1 is 1.08 bits per heavy atom. The molecule has 2 aromatic heterocycles. The Morgan fingerprint density at radius 3 is 2.56 bits per heavy atom. The molecule has 0 saturated heterocycles. The van der Waals surface area contributed by atoms with Crippen LogP contribution in [0.4, 0.5) is 4.39 Å². The van der Waals surface area contributed by atoms with E-state index < -0.39 is 0 Å². The van der Waals surface area contributed by atoms with Crippen LogP contribution in [0.2, 0.25) is 0 Å². The molecule has 1 aliphatic heterocycles. The molecule has 0 atom stereocenters. The third-order valence-electron chi connectivity index (χ3n) is 6.37. The number of hydrogen-bond donors (Lipinski definition) is 1. The maximum atomic E-state index is 13.4. The van der Waals surface area contributed by atoms with Crippen LogP contribution in [-0.2, 0) is 24.4 Å². The number of carbonyl (C=O) groups is 2. The van der Waals surface area contributed by atoms with Crippen molar-refractivity contribution >= 4 is 17.5 Å². The van der Waals surface area contributed by atoms with Crippen molar-refractivity contribution < 1.29 is 14.0 Å². The van der Waals surface area contributed by atoms with E-state index in [2.05, 4.69) is 10.4 Å². The summed E-state index contributed by atoms with van der Waals surface area (Å²) >= 11 is 0. The number of nitrogens with one attached hydrogen (secondary N) is 1. The molecule has 0 radical (unpaired) electrons. The van der Waals surface area contributed by atoms with Gasteiger partial charge in [0.25, 0.3) is 11.5 Å². The van der Waals surface area contributed by atoms with Crippen molar-refractivity contribution in [1.82, 2.24) is 24.4 Å². The molecule has 0 fully saturated rings. The summed E-state index contributed by atoms with van der Waals surface area (Å²) in [5, 5.41) is 7.35. The second-order valence-electron chi connectivity index (χ2n) is 8.87. The van der Waals surface area contributed by atoms with Gasteiger partial charge in [0.1, 0.15) is 23.7 Å². The first-order valence-corrected chi connectivity index (χ1v) is 12.0. The monoisotopic (exact) mass is 487 g/mol. The zero-order valence-corrected chi connectivity index (χ0v) is 19.9. The van der Waals surface area contributed by atoms with Crippen LogP contribution in [0.15, 0.2) is 65.5 Å². The van der Waals surface area contributed by atoms with Gasteiger partial charge in [0.2, 0.25) is 5.91 Å². The highest BCUT2D eigenvalue weighted by molar-refractivity contribution is 5.98. The molecule has 1 aliphatic rings. The van der Waals surface area contributed by atoms with E-state index in [1.807, 2.05) is 37.3 Å². The van der Waals surface area contributed by atoms with Crippen molar-refractivity contribution in [3.63, 3.8) is 0 Å². The molecule has 2 amide bonds. The standard InChI is InChI=1S/C27H26FN5O3/c1-2-3-13-31-16-21-25(27(31)36)32(17-23(34)29-15-18-9-11-20(28)12-10-18)24-14-22(30-33(24)26(21)35)19-7-5-4-6-8-19/h4-12,14H,2-3,13,15-17H2,1H3,(H,29,34). The van der Waals surface area contributed by atoms with E-state index >= 15 is 0 Å². The second kappa shape index (κ2) is 9.77. The fourth-order valence-corrected chi connectivity index (χ4v) is 4.46. The SMILES string of the molecule is CCCCN1Cc2c(n(CC(=O)NCc3ccc(F)cc3)c3cc(-c4ccccc4)nn3c2=O)C1=O. The van der Waals surface area contributed by atoms with Crippen LogP contribution in [-0.4, -0.2) is 37.4 Å². The number of fused-ring (bicyclic) bond motifs is 2. The van der Waals surface area contributed by atoms with E-state index in [1.54, 1.807) is 27.7 Å². The Hall–Kier alpha value is -4.27. The minimum absolute atomic E-state index is 0.166. The Morgan fingerprint density at radius 2 is 1.83 bits per heavy atom. The average molecular weight is 488 g/mol. The predicted molar refractivity (Wildman–Crippen MR) is 133 cm³/mol. The maximum absolute atomic E-state index is 13.4. The smallest absolute Gasteiger partial charge is 0.280 e. The lowest BCUT2D eigenvalue weighted by Gasteiger charge is -2.16. The second-order valence-corrected chi connectivity index (χ2v) is 8.87. The summed E-state index contributed by atoms with van der Waals surface area (Å²) in [6, 6.07) is 17.0. The highest BCUT2D eigenvalue weighted by atomic mass is 19.1. The zero-order valence-electron chi connectivity index (χ0n) is 19.9. The fraction of sp³-hybridized carbons (Fsp3) is 0.259. The number of nitrogens with zero attached hydrogens (tertiary/aromatic N) is 4. The van der Waals surface area contributed by atoms with Gasteiger partial charge in [-0.3, -0.25) is 14.4 Å². The molecular weight excluding hydrogens is 461 g/mol. The summed E-state index contributed by atoms with van der Waals surface area (Å²) in [7, 11) is 0. The van der Waals surface area contributed by atoms with E-state index in [0.717, 1.165) is 24.0 Å². The van der Waals surface area contributed by atoms with Gasteiger partial charge >= 0.3 is 0 Å². The molecule has 3 heterocycles. The van der Waals surface area contributed by atoms with Crippen molar-refractivity contribution in [3.05, 3.63) is 93.7 Å². The Kier molecular flexibility index (Phi) is 6.37. The maximum Gasteiger partial charge on any atom is 0.280 e. The number of halogens is 1. The van der Waals surface area contributed by atoms with Gasteiger partial charge in [0.15, 0.2) is 0 Å². The third kappa shape index (κ3) is 4.39. The van der Waals surface area contributed by atoms with Crippen LogP contribution in [0.3, 0.4) is 0 Å². The van der Waals surface area contributed by atoms with Gasteiger partial charge < -0.3 is 14.8 Å². The van der Waals surface area contributed by atoms with Crippen LogP contribution in [0, 0.1) is 5.82 Å². The predicted octanol–water partition coefficient (Wildman–Crippen LogP) is 3.37. The van der Waals surface area contributed by atoms with Crippen molar-refractivity contribution in [3.8, 4) is 11.3 Å². The zero-order chi connectivity index (χ0) is 25.2. The lowest BCUT2D eigenvalue weighted by Crippen LogP contribution is -2.32. The molecule has 2 aromatic carbocycles. The first-order chi connectivity index (χ1) is 17.5. The van der Waals surface area contributed by atoms with Crippen LogP contribution < -0.4 is 10.9 Å². The van der Waals surface area contributed by atoms with Gasteiger partial charge in [-0.25, -0.2) is 4.39 Å². The minimum atomic E-state index is -0.350. The molecule has 0 spiro atoms. The van der Waals surface area contributed by atoms with Gasteiger partial charge in [-0.15, -0.1) is 0 Å². The first kappa shape index (κ1) is 23.5. The average Bonchev–Trinajstić information content (AvgIpc) is 3.48. The lowest BCUT2D eigenvalue weighted by atomic mass is 10.1. The molecule has 9 heteroatoms. The molecular formula is C27H26FN5O3. The normalized spacial score (nSPS) is 12.8. The van der Waals surface area contributed by atoms with Crippen LogP contribution in [0.25, 0.3) is 16.9 Å². The van der Waals surface area contributed by atoms with E-state index in [0.29, 0.717) is 23.4 Å². The largest absolute Gasteiger partial charge is 0.350 e. The van der Waals surface area contributed by atoms with E-state index in [-0.39, 0.29) is 48.5 Å². The van der Waals surface area contributed by atoms with E-state index in [1.165, 1.54) is 16.6 Å². The molecule has 184 valence electrons. The van der Waals surface area contributed by atoms with Gasteiger partial charge in [0, 0.05) is 24.7 Å². The number of rotatable bonds is 8. The molecule has 0 saturated carbocycles. The summed E-state index contributed by atoms with van der Waals surface area (Å²) in [4.78, 5) is 41.4. The number of hydrogen-bond acceptors (Lipinski definition) is 4. The van der Waals surface area contributed by atoms with Crippen molar-refractivity contribution in [2.45, 2.75) is 39.4 Å². The molecule has 5 rings (SSSR count). The first-order valence-electron chi connectivity index (χ1n) is 12.0. The molecule has 36 heavy (non-hydrogen) atoms. The molecule has 0 aliphatic carbocycles. The van der Waals surface area contributed by atoms with Crippen LogP contribution in [0.1, 0.15) is 41.4 Å². The van der Waals surface area contributed by atoms with Gasteiger partial charge in [-0.2, -0.15) is 9.61 Å². The fourth-order valence-electron chi connectivity index (χ4n) is 4.46. The Bertz CT molecular complexity index is 1490. The molecule has 8 nitrogen and oxygen atoms in total. The topological polar surface area (TPSA) is 88.7 Å². The molecule has 1 N–H and O–H groups in total. The van der Waals surface area contributed by atoms with Gasteiger partial charge in [0.05, 0.1) is 17.8 Å². The number of benzene rings is 2. The highest BCUT2D eigenvalue weighted by Crippen LogP contribution is 2.25. The summed E-state index contributed by atoms with van der Waals surface area (Å²) < 4.78 is 16.1. The highest BCUT2D eigenvalue weighted by Gasteiger charge is 2.34. The summed E-state index contributed by atoms with van der Waals surface area (Å²) in [5.74, 6) is -0.946. The number of unbranched alkanes of at least 4 members (excludes halogenated alkanes) is 1. The number of aromatic nitrogens is 3. The minimum Gasteiger partial charge on any atom is -0.350 e. The van der Waals surface area contributed by atoms with Gasteiger partial charge in [-0.05, 0) is 24.1 Å². The molecule has 4 aromatic rings. The van der Waals surface area contributed by atoms with Crippen LogP contribution >= 0.6 is 0 Å². The van der Waals surface area contributed by atoms with E-state index in [4.69, 9.17) is 0 Å². The van der Waals surface area contributed by atoms with Crippen molar-refractivity contribution in [1.29, 1.82) is 0 Å². The third-order valence-corrected chi connectivity index (χ3v) is 6.37. The van der Waals surface area contributed by atoms with Gasteiger partial charge in [-0.1, -0.05) is 55.8 Å². The van der Waals surface area contributed by atoms with Crippen molar-refractivity contribution in [2.24, 2.45) is 0 Å². The van der Waals surface area contributed by atoms with Crippen molar-refractivity contribution in [2.75, 3.05) is 6.54 Å². The quantitative estimate of drug-likeness (QED) is 0.413. The van der Waals surface area contributed by atoms with Crippen LogP contribution in [0.5, 0.6) is 0 Å². The van der Waals surface area contributed by atoms with E-state index in [9.17, 15) is 18.8 Å². The summed E-state index contributed by atoms with van der Waals surface area (Å²) in [6.07, 6.45) is 1.74. The number of carbonyl (C=O) groups excluding carboxylic acids is 2. The Balaban J connectivity index is 1.53. The summed E-state index contributed by atoms with van der Waals surface area (Å²) in [5.41, 5.74) is 2.75. The molecule has 0 bridgehead atoms. The number of amides is 2. The summed E-state index contributed by atoms with van der Waals surface area (Å²) in [6.45, 7) is 2.82. The molecule has 0 unspecified atom stereocenters. The Labute approximate surface area is 207 Å².